The van der Waals surface area contributed by atoms with E-state index >= 15 is 0 Å². The highest BCUT2D eigenvalue weighted by Gasteiger charge is 2.37. The van der Waals surface area contributed by atoms with Crippen molar-refractivity contribution in [3.63, 3.8) is 0 Å². The fourth-order valence-electron chi connectivity index (χ4n) is 8.43. The average Bonchev–Trinajstić information content (AvgIpc) is 3.94. The van der Waals surface area contributed by atoms with Crippen LogP contribution >= 0.6 is 0 Å². The second kappa shape index (κ2) is 38.7. The Morgan fingerprint density at radius 1 is 0.549 bits per heavy atom. The summed E-state index contributed by atoms with van der Waals surface area (Å²) < 4.78 is 0. The molecule has 10 atom stereocenters. The molecule has 1 heterocycles. The van der Waals surface area contributed by atoms with Crippen molar-refractivity contribution in [3.8, 4) is 0 Å². The molecule has 0 spiro atoms. The number of hydrogen-bond donors (Lipinski definition) is 17. The number of aromatic nitrogens is 2. The normalized spacial score (nSPS) is 15.0. The Labute approximate surface area is 481 Å². The Bertz CT molecular complexity index is 2210. The Morgan fingerprint density at radius 2 is 1.00 bits per heavy atom. The third kappa shape index (κ3) is 29.1. The van der Waals surface area contributed by atoms with Crippen molar-refractivity contribution in [2.45, 2.75) is 200 Å². The number of aliphatic hydroxyl groups excluding tert-OH is 1. The van der Waals surface area contributed by atoms with Gasteiger partial charge in [-0.25, -0.2) is 9.78 Å². The van der Waals surface area contributed by atoms with E-state index in [9.17, 15) is 58.2 Å². The van der Waals surface area contributed by atoms with Crippen LogP contribution in [-0.2, 0) is 54.4 Å². The zero-order valence-corrected chi connectivity index (χ0v) is 49.3. The smallest absolute Gasteiger partial charge is 0.326 e. The second-order valence-corrected chi connectivity index (χ2v) is 22.2. The standard InChI is InChI=1S/C53H97N17O12/c1-28(2)21-37(45(74)61-26-41(72)63-40(52(81)82)23-30(5)6)67-51(80)43(32(9)71)70-47(76)36(17-14-20-60-53(57)58)64-46(75)35(16-11-13-19-55)65-49(78)39(24-33-25-59-27-62-33)66-48(77)38(22-29(3)4)68-50(79)42(31(7)8)69-44(73)34(56)15-10-12-18-54/h25,27-32,34-40,42-43,71H,10-24,26,54-56H2,1-9H3,(H,59,62)(H,61,74)(H,63,72)(H,64,75)(H,65,78)(H,66,77)(H,67,80)(H,68,79)(H,69,73)(H,70,76)(H,81,82)(H4,57,58,60)/t32-,34+,35+,36+,37+,38+,39+,40+,42+,43+/m1/s1. The number of imidazole rings is 1. The van der Waals surface area contributed by atoms with Crippen LogP contribution in [0.25, 0.3) is 0 Å². The first kappa shape index (κ1) is 73.0. The van der Waals surface area contributed by atoms with E-state index in [4.69, 9.17) is 28.7 Å². The summed E-state index contributed by atoms with van der Waals surface area (Å²) in [5.41, 5.74) is 29.0. The van der Waals surface area contributed by atoms with Crippen LogP contribution < -0.4 is 76.5 Å². The highest BCUT2D eigenvalue weighted by molar-refractivity contribution is 5.98. The molecule has 0 aliphatic carbocycles. The SMILES string of the molecule is CC(C)C[C@H](NC(=O)CNC(=O)[C@H](CC(C)C)NC(=O)[C@@H](NC(=O)[C@H](CCCN=C(N)N)NC(=O)[C@H](CCCCN)NC(=O)[C@H](Cc1cnc[nH]1)NC(=O)[C@H](CC(C)C)NC(=O)[C@@H](NC(=O)[C@@H](N)CCCCN)C(C)C)[C@@H](C)O)C(=O)O. The number of nitrogens with one attached hydrogen (secondary N) is 10. The lowest BCUT2D eigenvalue weighted by molar-refractivity contribution is -0.142. The van der Waals surface area contributed by atoms with Gasteiger partial charge < -0.3 is 91.7 Å². The van der Waals surface area contributed by atoms with Crippen LogP contribution in [0.4, 0.5) is 0 Å². The van der Waals surface area contributed by atoms with Gasteiger partial charge >= 0.3 is 5.97 Å². The molecule has 0 saturated heterocycles. The van der Waals surface area contributed by atoms with Gasteiger partial charge in [-0.1, -0.05) is 61.8 Å². The number of carboxylic acid groups (broad SMARTS) is 1. The number of aromatic amines is 1. The summed E-state index contributed by atoms with van der Waals surface area (Å²) in [6.07, 6.45) is 3.65. The van der Waals surface area contributed by atoms with Gasteiger partial charge in [-0.05, 0) is 108 Å². The first-order chi connectivity index (χ1) is 38.5. The lowest BCUT2D eigenvalue weighted by Gasteiger charge is -2.29. The molecule has 0 saturated carbocycles. The van der Waals surface area contributed by atoms with Crippen LogP contribution in [0.5, 0.6) is 0 Å². The van der Waals surface area contributed by atoms with Crippen LogP contribution in [-0.4, -0.2) is 172 Å². The predicted octanol–water partition coefficient (Wildman–Crippen LogP) is -3.15. The van der Waals surface area contributed by atoms with Crippen molar-refractivity contribution in [2.24, 2.45) is 57.3 Å². The lowest BCUT2D eigenvalue weighted by Crippen LogP contribution is -2.62. The number of nitrogens with two attached hydrogens (primary N) is 5. The molecule has 1 rings (SSSR count). The summed E-state index contributed by atoms with van der Waals surface area (Å²) >= 11 is 0. The van der Waals surface area contributed by atoms with Crippen molar-refractivity contribution in [3.05, 3.63) is 18.2 Å². The molecule has 0 bridgehead atoms. The molecule has 466 valence electrons. The molecule has 0 aromatic carbocycles. The zero-order valence-electron chi connectivity index (χ0n) is 49.3. The number of aliphatic carboxylic acids is 1. The van der Waals surface area contributed by atoms with Crippen LogP contribution in [0.2, 0.25) is 0 Å². The number of H-pyrrole nitrogens is 1. The molecule has 0 unspecified atom stereocenters. The molecule has 1 aromatic heterocycles. The Morgan fingerprint density at radius 3 is 1.49 bits per heavy atom. The first-order valence-electron chi connectivity index (χ1n) is 28.3. The molecule has 29 heteroatoms. The number of hydrogen-bond acceptors (Lipinski definition) is 16. The molecule has 0 radical (unpaired) electrons. The molecule has 9 amide bonds. The molecule has 22 N–H and O–H groups in total. The molecule has 82 heavy (non-hydrogen) atoms. The number of carboxylic acids is 1. The van der Waals surface area contributed by atoms with Crippen LogP contribution in [0.3, 0.4) is 0 Å². The summed E-state index contributed by atoms with van der Waals surface area (Å²) in [5, 5.41) is 43.7. The number of amides is 9. The van der Waals surface area contributed by atoms with Gasteiger partial charge in [-0.3, -0.25) is 48.1 Å². The summed E-state index contributed by atoms with van der Waals surface area (Å²) in [6, 6.07) is -11.6. The van der Waals surface area contributed by atoms with E-state index in [1.807, 2.05) is 13.8 Å². The Hall–Kier alpha value is -6.98. The van der Waals surface area contributed by atoms with E-state index in [0.29, 0.717) is 44.3 Å². The molecule has 0 aliphatic heterocycles. The number of aliphatic hydroxyl groups is 1. The van der Waals surface area contributed by atoms with E-state index < -0.39 is 132 Å². The molecule has 0 fully saturated rings. The van der Waals surface area contributed by atoms with E-state index in [2.05, 4.69) is 62.8 Å². The number of nitrogens with zero attached hydrogens (tertiary/aromatic N) is 2. The van der Waals surface area contributed by atoms with E-state index in [0.717, 1.165) is 0 Å². The number of carbonyl (C=O) groups excluding carboxylic acids is 9. The lowest BCUT2D eigenvalue weighted by atomic mass is 9.98. The minimum absolute atomic E-state index is 0.00145. The maximum atomic E-state index is 14.5. The summed E-state index contributed by atoms with van der Waals surface area (Å²) in [6.45, 7) is 15.4. The molecule has 1 aromatic rings. The van der Waals surface area contributed by atoms with Gasteiger partial charge in [0.05, 0.1) is 25.0 Å². The van der Waals surface area contributed by atoms with E-state index in [1.165, 1.54) is 19.4 Å². The second-order valence-electron chi connectivity index (χ2n) is 22.2. The van der Waals surface area contributed by atoms with Crippen LogP contribution in [0.1, 0.15) is 139 Å². The molecule has 0 aliphatic rings. The van der Waals surface area contributed by atoms with Crippen molar-refractivity contribution < 1.29 is 58.2 Å². The van der Waals surface area contributed by atoms with Gasteiger partial charge in [0, 0.05) is 24.9 Å². The van der Waals surface area contributed by atoms with Crippen molar-refractivity contribution >= 4 is 65.1 Å². The maximum Gasteiger partial charge on any atom is 0.326 e. The highest BCUT2D eigenvalue weighted by atomic mass is 16.4. The number of carbonyl (C=O) groups is 10. The molecular weight excluding hydrogens is 1070 g/mol. The summed E-state index contributed by atoms with van der Waals surface area (Å²) in [5.74, 6) is -9.55. The Balaban J connectivity index is 3.56. The van der Waals surface area contributed by atoms with Gasteiger partial charge in [0.1, 0.15) is 48.3 Å². The zero-order chi connectivity index (χ0) is 62.2. The first-order valence-corrected chi connectivity index (χ1v) is 28.3. The fraction of sp³-hybridized carbons (Fsp3) is 0.736. The quantitative estimate of drug-likeness (QED) is 0.0175. The topological polar surface area (TPSA) is 491 Å². The third-order valence-electron chi connectivity index (χ3n) is 12.8. The maximum absolute atomic E-state index is 14.5. The average molecular weight is 1160 g/mol. The number of guanidine groups is 1. The molecular formula is C53H97N17O12. The number of rotatable bonds is 41. The van der Waals surface area contributed by atoms with E-state index in [1.54, 1.807) is 41.5 Å². The minimum Gasteiger partial charge on any atom is -0.480 e. The molecule has 29 nitrogen and oxygen atoms in total. The fourth-order valence-corrected chi connectivity index (χ4v) is 8.43. The summed E-state index contributed by atoms with van der Waals surface area (Å²) in [4.78, 5) is 147. The van der Waals surface area contributed by atoms with Gasteiger partial charge in [-0.15, -0.1) is 0 Å². The third-order valence-corrected chi connectivity index (χ3v) is 12.8. The van der Waals surface area contributed by atoms with Gasteiger partial charge in [0.25, 0.3) is 0 Å². The van der Waals surface area contributed by atoms with Gasteiger partial charge in [-0.2, -0.15) is 0 Å². The van der Waals surface area contributed by atoms with Gasteiger partial charge in [0.2, 0.25) is 53.2 Å². The largest absolute Gasteiger partial charge is 0.480 e. The van der Waals surface area contributed by atoms with Crippen LogP contribution in [0.15, 0.2) is 17.5 Å². The van der Waals surface area contributed by atoms with Crippen molar-refractivity contribution in [2.75, 3.05) is 26.2 Å². The minimum atomic E-state index is -1.72. The van der Waals surface area contributed by atoms with Crippen molar-refractivity contribution in [1.29, 1.82) is 0 Å². The predicted molar refractivity (Wildman–Crippen MR) is 307 cm³/mol. The van der Waals surface area contributed by atoms with Crippen LogP contribution in [0, 0.1) is 23.7 Å². The van der Waals surface area contributed by atoms with E-state index in [-0.39, 0.29) is 81.7 Å². The highest BCUT2D eigenvalue weighted by Crippen LogP contribution is 2.13. The summed E-state index contributed by atoms with van der Waals surface area (Å²) in [7, 11) is 0. The number of unbranched alkanes of at least 4 members (excludes halogenated alkanes) is 2. The number of aliphatic imine (C=N–C) groups is 1. The Kier molecular flexibility index (Phi) is 34.4. The monoisotopic (exact) mass is 1160 g/mol. The van der Waals surface area contributed by atoms with Gasteiger partial charge in [0.15, 0.2) is 5.96 Å². The van der Waals surface area contributed by atoms with Crippen molar-refractivity contribution in [1.82, 2.24) is 57.8 Å².